The van der Waals surface area contributed by atoms with Crippen molar-refractivity contribution in [1.82, 2.24) is 0 Å². The molecule has 0 unspecified atom stereocenters. The Balaban J connectivity index is 2.40. The Hall–Kier alpha value is -0.0900. The zero-order valence-electron chi connectivity index (χ0n) is 6.76. The average Bonchev–Trinajstić information content (AvgIpc) is 2.00. The molecule has 2 rings (SSSR count). The monoisotopic (exact) mass is 262 g/mol. The second-order valence-corrected chi connectivity index (χ2v) is 4.44. The van der Waals surface area contributed by atoms with Crippen molar-refractivity contribution in [2.75, 3.05) is 13.2 Å². The van der Waals surface area contributed by atoms with Crippen LogP contribution in [0.5, 0.6) is 0 Å². The molecule has 1 aromatic carbocycles. The molecular weight excluding hydrogens is 255 g/mol. The van der Waals surface area contributed by atoms with Crippen LogP contribution in [0.1, 0.15) is 5.56 Å². The number of rotatable bonds is 1. The first-order chi connectivity index (χ1) is 6.12. The van der Waals surface area contributed by atoms with Gasteiger partial charge in [-0.05, 0) is 12.1 Å². The van der Waals surface area contributed by atoms with Gasteiger partial charge in [-0.1, -0.05) is 33.6 Å². The highest BCUT2D eigenvalue weighted by Crippen LogP contribution is 2.35. The van der Waals surface area contributed by atoms with Gasteiger partial charge in [0, 0.05) is 15.1 Å². The minimum atomic E-state index is -0.830. The molecule has 0 atom stereocenters. The van der Waals surface area contributed by atoms with Crippen molar-refractivity contribution in [3.63, 3.8) is 0 Å². The van der Waals surface area contributed by atoms with Gasteiger partial charge in [0.15, 0.2) is 0 Å². The van der Waals surface area contributed by atoms with E-state index < -0.39 is 5.60 Å². The normalized spacial score (nSPS) is 19.6. The van der Waals surface area contributed by atoms with Gasteiger partial charge < -0.3 is 9.84 Å². The van der Waals surface area contributed by atoms with Crippen LogP contribution in [0, 0.1) is 0 Å². The molecule has 1 aromatic rings. The first-order valence-electron chi connectivity index (χ1n) is 3.87. The molecule has 13 heavy (non-hydrogen) atoms. The summed E-state index contributed by atoms with van der Waals surface area (Å²) >= 11 is 9.14. The van der Waals surface area contributed by atoms with Gasteiger partial charge in [-0.3, -0.25) is 0 Å². The fraction of sp³-hybridized carbons (Fsp3) is 0.333. The highest BCUT2D eigenvalue weighted by atomic mass is 79.9. The third-order valence-electron chi connectivity index (χ3n) is 2.11. The van der Waals surface area contributed by atoms with Crippen molar-refractivity contribution in [3.8, 4) is 0 Å². The highest BCUT2D eigenvalue weighted by molar-refractivity contribution is 9.10. The zero-order valence-corrected chi connectivity index (χ0v) is 9.10. The predicted octanol–water partition coefficient (Wildman–Crippen LogP) is 2.32. The number of hydrogen-bond acceptors (Lipinski definition) is 2. The maximum absolute atomic E-state index is 9.95. The van der Waals surface area contributed by atoms with Crippen LogP contribution in [0.2, 0.25) is 5.02 Å². The van der Waals surface area contributed by atoms with Crippen LogP contribution >= 0.6 is 27.5 Å². The van der Waals surface area contributed by atoms with Gasteiger partial charge in [0.2, 0.25) is 0 Å². The second kappa shape index (κ2) is 3.24. The van der Waals surface area contributed by atoms with Crippen molar-refractivity contribution >= 4 is 27.5 Å². The molecule has 0 aliphatic carbocycles. The summed E-state index contributed by atoms with van der Waals surface area (Å²) < 4.78 is 5.80. The number of benzene rings is 1. The van der Waals surface area contributed by atoms with Gasteiger partial charge in [-0.15, -0.1) is 0 Å². The Morgan fingerprint density at radius 1 is 1.46 bits per heavy atom. The molecular formula is C9H8BrClO2. The molecule has 1 N–H and O–H groups in total. The Morgan fingerprint density at radius 2 is 2.15 bits per heavy atom. The molecule has 0 radical (unpaired) electrons. The highest BCUT2D eigenvalue weighted by Gasteiger charge is 2.39. The van der Waals surface area contributed by atoms with E-state index in [0.717, 1.165) is 10.0 Å². The Labute approximate surface area is 89.6 Å². The fourth-order valence-electron chi connectivity index (χ4n) is 1.32. The van der Waals surface area contributed by atoms with E-state index >= 15 is 0 Å². The molecule has 0 spiro atoms. The smallest absolute Gasteiger partial charge is 0.137 e. The van der Waals surface area contributed by atoms with Crippen LogP contribution in [-0.2, 0) is 10.3 Å². The lowest BCUT2D eigenvalue weighted by Gasteiger charge is -2.37. The van der Waals surface area contributed by atoms with Crippen LogP contribution in [0.3, 0.4) is 0 Å². The number of ether oxygens (including phenoxy) is 1. The minimum absolute atomic E-state index is 0.354. The lowest BCUT2D eigenvalue weighted by atomic mass is 9.92. The van der Waals surface area contributed by atoms with Crippen molar-refractivity contribution < 1.29 is 9.84 Å². The van der Waals surface area contributed by atoms with Crippen LogP contribution in [0.4, 0.5) is 0 Å². The van der Waals surface area contributed by atoms with E-state index in [1.165, 1.54) is 0 Å². The van der Waals surface area contributed by atoms with E-state index in [2.05, 4.69) is 15.9 Å². The number of aliphatic hydroxyl groups is 1. The van der Waals surface area contributed by atoms with E-state index in [1.807, 2.05) is 6.07 Å². The molecule has 0 aromatic heterocycles. The van der Waals surface area contributed by atoms with Crippen LogP contribution < -0.4 is 0 Å². The van der Waals surface area contributed by atoms with Gasteiger partial charge in [0.25, 0.3) is 0 Å². The molecule has 0 saturated carbocycles. The molecule has 4 heteroatoms. The van der Waals surface area contributed by atoms with E-state index in [9.17, 15) is 5.11 Å². The van der Waals surface area contributed by atoms with Gasteiger partial charge in [-0.25, -0.2) is 0 Å². The first-order valence-corrected chi connectivity index (χ1v) is 5.05. The summed E-state index contributed by atoms with van der Waals surface area (Å²) in [6.45, 7) is 0.709. The molecule has 1 heterocycles. The van der Waals surface area contributed by atoms with E-state index in [-0.39, 0.29) is 0 Å². The molecule has 1 fully saturated rings. The van der Waals surface area contributed by atoms with E-state index in [4.69, 9.17) is 16.3 Å². The summed E-state index contributed by atoms with van der Waals surface area (Å²) in [6, 6.07) is 5.35. The Kier molecular flexibility index (Phi) is 2.36. The third-order valence-corrected chi connectivity index (χ3v) is 3.01. The fourth-order valence-corrected chi connectivity index (χ4v) is 2.37. The summed E-state index contributed by atoms with van der Waals surface area (Å²) in [5.74, 6) is 0. The second-order valence-electron chi connectivity index (χ2n) is 3.15. The topological polar surface area (TPSA) is 29.5 Å². The summed E-state index contributed by atoms with van der Waals surface area (Å²) in [7, 11) is 0. The quantitative estimate of drug-likeness (QED) is 0.842. The van der Waals surface area contributed by atoms with Crippen molar-refractivity contribution in [1.29, 1.82) is 0 Å². The van der Waals surface area contributed by atoms with Crippen molar-refractivity contribution in [2.24, 2.45) is 0 Å². The summed E-state index contributed by atoms with van der Waals surface area (Å²) in [4.78, 5) is 0. The first kappa shape index (κ1) is 9.46. The average molecular weight is 264 g/mol. The molecule has 1 aliphatic heterocycles. The minimum Gasteiger partial charge on any atom is -0.380 e. The lowest BCUT2D eigenvalue weighted by Crippen LogP contribution is -2.46. The van der Waals surface area contributed by atoms with E-state index in [0.29, 0.717) is 18.2 Å². The molecule has 70 valence electrons. The number of halogens is 2. The van der Waals surface area contributed by atoms with Gasteiger partial charge in [0.05, 0.1) is 13.2 Å². The van der Waals surface area contributed by atoms with Crippen molar-refractivity contribution in [2.45, 2.75) is 5.60 Å². The summed E-state index contributed by atoms with van der Waals surface area (Å²) in [6.07, 6.45) is 0. The molecule has 0 bridgehead atoms. The molecule has 1 saturated heterocycles. The maximum Gasteiger partial charge on any atom is 0.137 e. The summed E-state index contributed by atoms with van der Waals surface area (Å²) in [5, 5.41) is 10.6. The Morgan fingerprint density at radius 3 is 2.62 bits per heavy atom. The maximum atomic E-state index is 9.95. The van der Waals surface area contributed by atoms with Crippen LogP contribution in [0.15, 0.2) is 22.7 Å². The molecule has 2 nitrogen and oxygen atoms in total. The van der Waals surface area contributed by atoms with E-state index in [1.54, 1.807) is 12.1 Å². The summed E-state index contributed by atoms with van der Waals surface area (Å²) in [5.41, 5.74) is 0.00631. The zero-order chi connectivity index (χ0) is 9.47. The number of hydrogen-bond donors (Lipinski definition) is 1. The SMILES string of the molecule is OC1(c2ccc(Cl)cc2Br)COC1. The Bertz CT molecular complexity index is 336. The van der Waals surface area contributed by atoms with Crippen LogP contribution in [-0.4, -0.2) is 18.3 Å². The largest absolute Gasteiger partial charge is 0.380 e. The molecule has 1 aliphatic rings. The standard InChI is InChI=1S/C9H8BrClO2/c10-8-3-6(11)1-2-7(8)9(12)4-13-5-9/h1-3,12H,4-5H2. The van der Waals surface area contributed by atoms with Crippen molar-refractivity contribution in [3.05, 3.63) is 33.3 Å². The predicted molar refractivity (Wildman–Crippen MR) is 53.9 cm³/mol. The molecule has 0 amide bonds. The van der Waals surface area contributed by atoms with Gasteiger partial charge in [-0.2, -0.15) is 0 Å². The third kappa shape index (κ3) is 1.62. The van der Waals surface area contributed by atoms with Gasteiger partial charge in [0.1, 0.15) is 5.60 Å². The van der Waals surface area contributed by atoms with Crippen LogP contribution in [0.25, 0.3) is 0 Å². The lowest BCUT2D eigenvalue weighted by molar-refractivity contribution is -0.185. The van der Waals surface area contributed by atoms with Gasteiger partial charge >= 0.3 is 0 Å².